The molecule has 0 bridgehead atoms. The van der Waals surface area contributed by atoms with Crippen LogP contribution in [0.4, 0.5) is 0 Å². The Labute approximate surface area is 433 Å². The molecule has 0 saturated carbocycles. The van der Waals surface area contributed by atoms with Gasteiger partial charge in [0, 0.05) is 4.91 Å². The fraction of sp³-hybridized carbons (Fsp3) is 0.311. The minimum Gasteiger partial charge on any atom is -0.374 e. The van der Waals surface area contributed by atoms with Crippen molar-refractivity contribution in [3.63, 3.8) is 0 Å². The predicted octanol–water partition coefficient (Wildman–Crippen LogP) is 11.5. The second-order valence-corrected chi connectivity index (χ2v) is 18.2. The zero-order chi connectivity index (χ0) is 50.4. The number of hydrogen-bond donors (Lipinski definition) is 0. The van der Waals surface area contributed by atoms with Crippen molar-refractivity contribution in [1.82, 2.24) is 0 Å². The summed E-state index contributed by atoms with van der Waals surface area (Å²) in [5, 5.41) is 4.44. The van der Waals surface area contributed by atoms with Gasteiger partial charge in [-0.1, -0.05) is 217 Å². The normalized spacial score (nSPS) is 23.7. The van der Waals surface area contributed by atoms with Crippen LogP contribution in [0.1, 0.15) is 38.9 Å². The standard InChI is InChI=1S/C61H63N3O10/c62-64-63-54-57(69-40-49-30-16-5-17-31-49)55(67-38-47-26-12-3-13-27-47)52(43-65-36-45-22-8-1-9-23-45)72-60(54)74-58-56(68-39-48-28-14-4-15-29-48)53(44-66-37-46-24-10-2-11-25-46)73-61(71-42-51-34-20-7-21-35-51)59(58)70-41-50-32-18-6-19-33-50/h1-35,52-61H,36-44H2/t52-,53-,54+,55-,56-,57-,58+,59-,60-,61-/m1/s1. The molecule has 7 aromatic rings. The molecule has 0 amide bonds. The van der Waals surface area contributed by atoms with Gasteiger partial charge < -0.3 is 47.4 Å². The first kappa shape index (κ1) is 52.3. The second kappa shape index (κ2) is 28.2. The highest BCUT2D eigenvalue weighted by Gasteiger charge is 2.54. The van der Waals surface area contributed by atoms with E-state index in [2.05, 4.69) is 10.0 Å². The molecular formula is C61H63N3O10. The molecule has 2 aliphatic rings. The maximum absolute atomic E-state index is 10.5. The van der Waals surface area contributed by atoms with Crippen LogP contribution in [0.3, 0.4) is 0 Å². The fourth-order valence-electron chi connectivity index (χ4n) is 9.10. The third-order valence-electron chi connectivity index (χ3n) is 12.9. The molecule has 382 valence electrons. The lowest BCUT2D eigenvalue weighted by Crippen LogP contribution is -2.66. The summed E-state index contributed by atoms with van der Waals surface area (Å²) in [6.45, 7) is 1.79. The zero-order valence-corrected chi connectivity index (χ0v) is 41.3. The monoisotopic (exact) mass is 997 g/mol. The van der Waals surface area contributed by atoms with E-state index in [0.29, 0.717) is 13.2 Å². The van der Waals surface area contributed by atoms with Gasteiger partial charge in [0.1, 0.15) is 48.8 Å². The Balaban J connectivity index is 1.11. The maximum atomic E-state index is 10.5. The van der Waals surface area contributed by atoms with Crippen molar-refractivity contribution in [2.75, 3.05) is 13.2 Å². The lowest BCUT2D eigenvalue weighted by atomic mass is 9.95. The number of hydrogen-bond acceptors (Lipinski definition) is 11. The van der Waals surface area contributed by atoms with Gasteiger partial charge in [0.25, 0.3) is 0 Å². The van der Waals surface area contributed by atoms with Crippen LogP contribution in [-0.4, -0.2) is 74.6 Å². The molecule has 2 aliphatic heterocycles. The van der Waals surface area contributed by atoms with Gasteiger partial charge in [-0.05, 0) is 44.5 Å². The fourth-order valence-corrected chi connectivity index (χ4v) is 9.10. The zero-order valence-electron chi connectivity index (χ0n) is 41.3. The van der Waals surface area contributed by atoms with Crippen LogP contribution in [0, 0.1) is 0 Å². The van der Waals surface area contributed by atoms with Crippen molar-refractivity contribution in [2.24, 2.45) is 5.11 Å². The van der Waals surface area contributed by atoms with E-state index in [-0.39, 0.29) is 46.2 Å². The number of rotatable bonds is 26. The molecule has 0 N–H and O–H groups in total. The van der Waals surface area contributed by atoms with Crippen molar-refractivity contribution >= 4 is 0 Å². The average molecular weight is 998 g/mol. The summed E-state index contributed by atoms with van der Waals surface area (Å²) in [7, 11) is 0. The van der Waals surface area contributed by atoms with Gasteiger partial charge in [-0.2, -0.15) is 0 Å². The van der Waals surface area contributed by atoms with Crippen molar-refractivity contribution < 1.29 is 47.4 Å². The van der Waals surface area contributed by atoms with E-state index < -0.39 is 61.3 Å². The Kier molecular flexibility index (Phi) is 19.9. The van der Waals surface area contributed by atoms with Crippen molar-refractivity contribution in [3.8, 4) is 0 Å². The van der Waals surface area contributed by atoms with E-state index in [1.165, 1.54) is 0 Å². The molecule has 0 unspecified atom stereocenters. The van der Waals surface area contributed by atoms with E-state index >= 15 is 0 Å². The SMILES string of the molecule is [N-]=[N+]=N[C@@H]1[C@@H](O[C@@H]2[C@@H](OCc3ccccc3)[C@H](OCc3ccccc3)O[C@H](COCc3ccccc3)[C@H]2OCc2ccccc2)O[C@H](COCc2ccccc2)[C@@H](OCc2ccccc2)[C@@H]1OCc1ccccc1. The van der Waals surface area contributed by atoms with E-state index in [0.717, 1.165) is 38.9 Å². The highest BCUT2D eigenvalue weighted by Crippen LogP contribution is 2.37. The summed E-state index contributed by atoms with van der Waals surface area (Å²) in [6.07, 6.45) is -8.31. The third-order valence-corrected chi connectivity index (χ3v) is 12.9. The van der Waals surface area contributed by atoms with Gasteiger partial charge >= 0.3 is 0 Å². The number of ether oxygens (including phenoxy) is 10. The summed E-state index contributed by atoms with van der Waals surface area (Å²) < 4.78 is 68.9. The van der Waals surface area contributed by atoms with E-state index in [1.54, 1.807) is 0 Å². The van der Waals surface area contributed by atoms with Gasteiger partial charge in [0.2, 0.25) is 0 Å². The Hall–Kier alpha value is -6.55. The topological polar surface area (TPSA) is 141 Å². The highest BCUT2D eigenvalue weighted by molar-refractivity contribution is 5.19. The molecule has 7 aromatic carbocycles. The van der Waals surface area contributed by atoms with Crippen LogP contribution in [0.15, 0.2) is 217 Å². The predicted molar refractivity (Wildman–Crippen MR) is 279 cm³/mol. The van der Waals surface area contributed by atoms with Crippen molar-refractivity contribution in [3.05, 3.63) is 262 Å². The Morgan fingerprint density at radius 1 is 0.338 bits per heavy atom. The van der Waals surface area contributed by atoms with Crippen LogP contribution < -0.4 is 0 Å². The molecule has 0 aliphatic carbocycles. The van der Waals surface area contributed by atoms with E-state index in [1.807, 2.05) is 212 Å². The molecule has 9 rings (SSSR count). The van der Waals surface area contributed by atoms with Crippen LogP contribution in [0.25, 0.3) is 10.4 Å². The van der Waals surface area contributed by atoms with E-state index in [9.17, 15) is 5.53 Å². The minimum atomic E-state index is -1.26. The largest absolute Gasteiger partial charge is 0.374 e. The molecule has 74 heavy (non-hydrogen) atoms. The van der Waals surface area contributed by atoms with Gasteiger partial charge in [-0.3, -0.25) is 0 Å². The molecule has 10 atom stereocenters. The Bertz CT molecular complexity index is 2690. The second-order valence-electron chi connectivity index (χ2n) is 18.2. The lowest BCUT2D eigenvalue weighted by Gasteiger charge is -2.49. The van der Waals surface area contributed by atoms with Crippen LogP contribution >= 0.6 is 0 Å². The maximum Gasteiger partial charge on any atom is 0.187 e. The first-order chi connectivity index (χ1) is 36.7. The first-order valence-electron chi connectivity index (χ1n) is 25.2. The number of benzene rings is 7. The highest BCUT2D eigenvalue weighted by atomic mass is 16.8. The summed E-state index contributed by atoms with van der Waals surface area (Å²) in [5.41, 5.74) is 17.1. The third kappa shape index (κ3) is 15.3. The molecular weight excluding hydrogens is 935 g/mol. The van der Waals surface area contributed by atoms with Gasteiger partial charge in [-0.25, -0.2) is 0 Å². The average Bonchev–Trinajstić information content (AvgIpc) is 3.46. The quantitative estimate of drug-likeness (QED) is 0.0292. The van der Waals surface area contributed by atoms with Crippen LogP contribution in [0.5, 0.6) is 0 Å². The van der Waals surface area contributed by atoms with Gasteiger partial charge in [0.05, 0.1) is 59.5 Å². The van der Waals surface area contributed by atoms with Crippen molar-refractivity contribution in [2.45, 2.75) is 108 Å². The summed E-state index contributed by atoms with van der Waals surface area (Å²) >= 11 is 0. The summed E-state index contributed by atoms with van der Waals surface area (Å²) in [5.74, 6) is 0. The number of nitrogens with zero attached hydrogens (tertiary/aromatic N) is 3. The Morgan fingerprint density at radius 2 is 0.635 bits per heavy atom. The smallest absolute Gasteiger partial charge is 0.187 e. The Morgan fingerprint density at radius 3 is 1.00 bits per heavy atom. The van der Waals surface area contributed by atoms with E-state index in [4.69, 9.17) is 47.4 Å². The molecule has 2 fully saturated rings. The van der Waals surface area contributed by atoms with Gasteiger partial charge in [0.15, 0.2) is 12.6 Å². The van der Waals surface area contributed by atoms with Crippen molar-refractivity contribution in [1.29, 1.82) is 0 Å². The lowest BCUT2D eigenvalue weighted by molar-refractivity contribution is -0.363. The minimum absolute atomic E-state index is 0.0802. The molecule has 2 saturated heterocycles. The molecule has 13 heteroatoms. The molecule has 0 spiro atoms. The molecule has 13 nitrogen and oxygen atoms in total. The van der Waals surface area contributed by atoms with Crippen LogP contribution in [0.2, 0.25) is 0 Å². The number of azide groups is 1. The first-order valence-corrected chi connectivity index (χ1v) is 25.2. The molecule has 2 heterocycles. The van der Waals surface area contributed by atoms with Gasteiger partial charge in [-0.15, -0.1) is 0 Å². The van der Waals surface area contributed by atoms with Crippen LogP contribution in [-0.2, 0) is 93.6 Å². The molecule has 0 radical (unpaired) electrons. The molecule has 0 aromatic heterocycles. The summed E-state index contributed by atoms with van der Waals surface area (Å²) in [4.78, 5) is 3.41. The summed E-state index contributed by atoms with van der Waals surface area (Å²) in [6, 6.07) is 68.1.